The van der Waals surface area contributed by atoms with Gasteiger partial charge in [0.15, 0.2) is 0 Å². The Morgan fingerprint density at radius 2 is 2.33 bits per heavy atom. The number of halogens is 1. The molecule has 1 rings (SSSR count). The van der Waals surface area contributed by atoms with Gasteiger partial charge in [-0.05, 0) is 12.8 Å². The van der Waals surface area contributed by atoms with Crippen molar-refractivity contribution >= 4 is 0 Å². The minimum atomic E-state index is -0.812. The Balaban J connectivity index is 2.18. The molecule has 1 aliphatic rings. The fourth-order valence-corrected chi connectivity index (χ4v) is 0.918. The largest absolute Gasteiger partial charge is 0.394 e. The van der Waals surface area contributed by atoms with Crippen LogP contribution in [0.25, 0.3) is 0 Å². The summed E-state index contributed by atoms with van der Waals surface area (Å²) in [6.07, 6.45) is 0.257. The molecule has 0 amide bonds. The van der Waals surface area contributed by atoms with Gasteiger partial charge in [0.1, 0.15) is 6.17 Å². The number of rotatable bonds is 1. The van der Waals surface area contributed by atoms with Gasteiger partial charge >= 0.3 is 0 Å². The van der Waals surface area contributed by atoms with E-state index in [9.17, 15) is 4.39 Å². The Kier molecular flexibility index (Phi) is 2.42. The van der Waals surface area contributed by atoms with Gasteiger partial charge in [0.2, 0.25) is 0 Å². The highest BCUT2D eigenvalue weighted by molar-refractivity contribution is 4.67. The van der Waals surface area contributed by atoms with Crippen molar-refractivity contribution in [3.8, 4) is 0 Å². The van der Waals surface area contributed by atoms with Crippen LogP contribution in [-0.2, 0) is 4.74 Å². The molecule has 1 fully saturated rings. The quantitative estimate of drug-likeness (QED) is 0.565. The van der Waals surface area contributed by atoms with E-state index in [0.717, 1.165) is 0 Å². The van der Waals surface area contributed by atoms with Crippen LogP contribution < -0.4 is 0 Å². The maximum atomic E-state index is 12.3. The molecular weight excluding hydrogens is 123 g/mol. The lowest BCUT2D eigenvalue weighted by Gasteiger charge is -2.22. The summed E-state index contributed by atoms with van der Waals surface area (Å²) >= 11 is 0. The summed E-state index contributed by atoms with van der Waals surface area (Å²) in [5.74, 6) is 0. The fraction of sp³-hybridized carbons (Fsp3) is 1.00. The number of aliphatic hydroxyl groups is 1. The first-order chi connectivity index (χ1) is 4.33. The molecule has 0 aliphatic carbocycles. The third-order valence-corrected chi connectivity index (χ3v) is 1.52. The molecule has 0 aromatic rings. The number of aliphatic hydroxyl groups excluding tert-OH is 1. The highest BCUT2D eigenvalue weighted by atomic mass is 19.1. The molecule has 1 saturated heterocycles. The molecule has 2 atom stereocenters. The van der Waals surface area contributed by atoms with Crippen molar-refractivity contribution < 1.29 is 14.2 Å². The molecule has 0 aromatic heterocycles. The summed E-state index contributed by atoms with van der Waals surface area (Å²) in [4.78, 5) is 0. The molecule has 0 aromatic carbocycles. The molecule has 0 spiro atoms. The second-order valence-corrected chi connectivity index (χ2v) is 2.31. The van der Waals surface area contributed by atoms with Crippen LogP contribution in [0.5, 0.6) is 0 Å². The molecule has 3 heteroatoms. The third kappa shape index (κ3) is 1.91. The van der Waals surface area contributed by atoms with Gasteiger partial charge in [-0.15, -0.1) is 0 Å². The molecule has 54 valence electrons. The molecular formula is C6H11FO2. The summed E-state index contributed by atoms with van der Waals surface area (Å²) in [7, 11) is 0. The van der Waals surface area contributed by atoms with E-state index in [0.29, 0.717) is 12.8 Å². The minimum absolute atomic E-state index is 0.0206. The average Bonchev–Trinajstić information content (AvgIpc) is 1.90. The van der Waals surface area contributed by atoms with Gasteiger partial charge in [-0.25, -0.2) is 4.39 Å². The maximum absolute atomic E-state index is 12.3. The highest BCUT2D eigenvalue weighted by Gasteiger charge is 2.19. The molecule has 0 radical (unpaired) electrons. The van der Waals surface area contributed by atoms with Gasteiger partial charge in [0, 0.05) is 0 Å². The Labute approximate surface area is 53.6 Å². The number of alkyl halides is 1. The lowest BCUT2D eigenvalue weighted by molar-refractivity contribution is -0.0503. The first-order valence-corrected chi connectivity index (χ1v) is 3.19. The van der Waals surface area contributed by atoms with Gasteiger partial charge in [0.25, 0.3) is 0 Å². The summed E-state index contributed by atoms with van der Waals surface area (Å²) in [5, 5.41) is 8.53. The van der Waals surface area contributed by atoms with Gasteiger partial charge in [-0.3, -0.25) is 0 Å². The van der Waals surface area contributed by atoms with Crippen molar-refractivity contribution in [3.05, 3.63) is 0 Å². The van der Waals surface area contributed by atoms with Crippen LogP contribution in [0.3, 0.4) is 0 Å². The predicted molar refractivity (Wildman–Crippen MR) is 31.0 cm³/mol. The zero-order valence-electron chi connectivity index (χ0n) is 5.22. The highest BCUT2D eigenvalue weighted by Crippen LogP contribution is 2.14. The molecule has 2 nitrogen and oxygen atoms in total. The first-order valence-electron chi connectivity index (χ1n) is 3.19. The summed E-state index contributed by atoms with van der Waals surface area (Å²) in [5.41, 5.74) is 0. The lowest BCUT2D eigenvalue weighted by atomic mass is 10.1. The molecule has 9 heavy (non-hydrogen) atoms. The standard InChI is InChI=1S/C6H11FO2/c7-5-1-2-6(3-8)9-4-5/h5-6,8H,1-4H2/t5-,6-/m0/s1. The van der Waals surface area contributed by atoms with E-state index in [2.05, 4.69) is 0 Å². The van der Waals surface area contributed by atoms with Crippen molar-refractivity contribution in [3.63, 3.8) is 0 Å². The van der Waals surface area contributed by atoms with E-state index in [4.69, 9.17) is 9.84 Å². The van der Waals surface area contributed by atoms with Crippen LogP contribution in [0.1, 0.15) is 12.8 Å². The topological polar surface area (TPSA) is 29.5 Å². The Bertz CT molecular complexity index is 79.1. The predicted octanol–water partition coefficient (Wildman–Crippen LogP) is 0.496. The Morgan fingerprint density at radius 1 is 1.56 bits per heavy atom. The first kappa shape index (κ1) is 6.96. The van der Waals surface area contributed by atoms with Crippen LogP contribution in [0.15, 0.2) is 0 Å². The molecule has 0 unspecified atom stereocenters. The number of ether oxygens (including phenoxy) is 1. The summed E-state index contributed by atoms with van der Waals surface area (Å²) in [6.45, 7) is 0.179. The van der Waals surface area contributed by atoms with Crippen molar-refractivity contribution in [1.29, 1.82) is 0 Å². The molecule has 1 aliphatic heterocycles. The number of hydrogen-bond donors (Lipinski definition) is 1. The second kappa shape index (κ2) is 3.13. The fourth-order valence-electron chi connectivity index (χ4n) is 0.918. The van der Waals surface area contributed by atoms with Gasteiger partial charge in [-0.1, -0.05) is 0 Å². The van der Waals surface area contributed by atoms with Gasteiger partial charge < -0.3 is 9.84 Å². The van der Waals surface area contributed by atoms with Gasteiger partial charge in [-0.2, -0.15) is 0 Å². The molecule has 1 N–H and O–H groups in total. The Morgan fingerprint density at radius 3 is 2.78 bits per heavy atom. The van der Waals surface area contributed by atoms with Crippen LogP contribution in [0.2, 0.25) is 0 Å². The van der Waals surface area contributed by atoms with Crippen LogP contribution in [-0.4, -0.2) is 30.6 Å². The van der Waals surface area contributed by atoms with E-state index in [1.54, 1.807) is 0 Å². The summed E-state index contributed by atoms with van der Waals surface area (Å²) < 4.78 is 17.2. The monoisotopic (exact) mass is 134 g/mol. The van der Waals surface area contributed by atoms with E-state index < -0.39 is 6.17 Å². The van der Waals surface area contributed by atoms with Crippen molar-refractivity contribution in [1.82, 2.24) is 0 Å². The smallest absolute Gasteiger partial charge is 0.123 e. The third-order valence-electron chi connectivity index (χ3n) is 1.52. The molecule has 0 saturated carbocycles. The lowest BCUT2D eigenvalue weighted by Crippen LogP contribution is -2.29. The van der Waals surface area contributed by atoms with Gasteiger partial charge in [0.05, 0.1) is 19.3 Å². The average molecular weight is 134 g/mol. The SMILES string of the molecule is OC[C@@H]1CC[C@H](F)CO1. The normalized spacial score (nSPS) is 36.7. The second-order valence-electron chi connectivity index (χ2n) is 2.31. The van der Waals surface area contributed by atoms with E-state index in [1.165, 1.54) is 0 Å². The van der Waals surface area contributed by atoms with Crippen LogP contribution in [0.4, 0.5) is 4.39 Å². The van der Waals surface area contributed by atoms with Crippen LogP contribution in [0, 0.1) is 0 Å². The Hall–Kier alpha value is -0.150. The van der Waals surface area contributed by atoms with Crippen LogP contribution >= 0.6 is 0 Å². The zero-order valence-corrected chi connectivity index (χ0v) is 5.22. The number of hydrogen-bond acceptors (Lipinski definition) is 2. The van der Waals surface area contributed by atoms with E-state index in [1.807, 2.05) is 0 Å². The van der Waals surface area contributed by atoms with E-state index >= 15 is 0 Å². The molecule has 1 heterocycles. The minimum Gasteiger partial charge on any atom is -0.394 e. The van der Waals surface area contributed by atoms with Crippen molar-refractivity contribution in [2.24, 2.45) is 0 Å². The summed E-state index contributed by atoms with van der Waals surface area (Å²) in [6, 6.07) is 0. The zero-order chi connectivity index (χ0) is 6.69. The van der Waals surface area contributed by atoms with Crippen molar-refractivity contribution in [2.75, 3.05) is 13.2 Å². The maximum Gasteiger partial charge on any atom is 0.123 e. The van der Waals surface area contributed by atoms with E-state index in [-0.39, 0.29) is 19.3 Å². The van der Waals surface area contributed by atoms with Crippen molar-refractivity contribution in [2.45, 2.75) is 25.1 Å². The molecule has 0 bridgehead atoms.